The van der Waals surface area contributed by atoms with Gasteiger partial charge in [0.2, 0.25) is 11.2 Å². The average Bonchev–Trinajstić information content (AvgIpc) is 3.09. The van der Waals surface area contributed by atoms with E-state index in [4.69, 9.17) is 13.9 Å². The van der Waals surface area contributed by atoms with Gasteiger partial charge in [-0.2, -0.15) is 0 Å². The fourth-order valence-corrected chi connectivity index (χ4v) is 3.35. The molecule has 0 spiro atoms. The molecule has 2 aromatic carbocycles. The van der Waals surface area contributed by atoms with Crippen molar-refractivity contribution in [2.24, 2.45) is 0 Å². The van der Waals surface area contributed by atoms with E-state index in [9.17, 15) is 4.79 Å². The maximum atomic E-state index is 13.0. The van der Waals surface area contributed by atoms with Gasteiger partial charge in [-0.25, -0.2) is 0 Å². The molecule has 0 aliphatic rings. The molecule has 0 radical (unpaired) electrons. The Balaban J connectivity index is 1.92. The Morgan fingerprint density at radius 2 is 1.92 bits per heavy atom. The van der Waals surface area contributed by atoms with E-state index < -0.39 is 0 Å². The van der Waals surface area contributed by atoms with Gasteiger partial charge in [-0.3, -0.25) is 4.79 Å². The zero-order chi connectivity index (χ0) is 18.3. The summed E-state index contributed by atoms with van der Waals surface area (Å²) in [6.07, 6.45) is 3.54. The third-order valence-electron chi connectivity index (χ3n) is 4.71. The van der Waals surface area contributed by atoms with Crippen LogP contribution in [0.1, 0.15) is 6.92 Å². The predicted octanol–water partition coefficient (Wildman–Crippen LogP) is 4.45. The summed E-state index contributed by atoms with van der Waals surface area (Å²) >= 11 is 0. The van der Waals surface area contributed by atoms with Gasteiger partial charge in [-0.05, 0) is 42.8 Å². The van der Waals surface area contributed by atoms with Crippen LogP contribution in [-0.4, -0.2) is 18.8 Å². The highest BCUT2D eigenvalue weighted by Gasteiger charge is 2.16. The number of aryl methyl sites for hydroxylation is 1. The number of benzene rings is 2. The number of hydrogen-bond donors (Lipinski definition) is 0. The first-order chi connectivity index (χ1) is 12.7. The first-order valence-corrected chi connectivity index (χ1v) is 8.43. The number of fused-ring (bicyclic) bond motifs is 2. The molecular formula is C21H19NO4. The number of nitrogens with zero attached hydrogens (tertiary/aromatic N) is 1. The molecule has 2 aromatic heterocycles. The van der Waals surface area contributed by atoms with E-state index in [1.807, 2.05) is 18.2 Å². The van der Waals surface area contributed by atoms with Crippen LogP contribution < -0.4 is 14.9 Å². The van der Waals surface area contributed by atoms with E-state index in [0.717, 1.165) is 23.0 Å². The molecule has 0 unspecified atom stereocenters. The number of methoxy groups -OCH3 is 2. The third-order valence-corrected chi connectivity index (χ3v) is 4.71. The highest BCUT2D eigenvalue weighted by Crippen LogP contribution is 2.35. The molecule has 0 bridgehead atoms. The van der Waals surface area contributed by atoms with E-state index >= 15 is 0 Å². The van der Waals surface area contributed by atoms with Crippen LogP contribution in [0.3, 0.4) is 0 Å². The molecular weight excluding hydrogens is 330 g/mol. The van der Waals surface area contributed by atoms with Crippen molar-refractivity contribution in [1.29, 1.82) is 0 Å². The second-order valence-corrected chi connectivity index (χ2v) is 6.03. The first kappa shape index (κ1) is 16.3. The van der Waals surface area contributed by atoms with Crippen molar-refractivity contribution in [3.8, 4) is 22.6 Å². The largest absolute Gasteiger partial charge is 0.493 e. The normalized spacial score (nSPS) is 11.2. The van der Waals surface area contributed by atoms with Gasteiger partial charge in [-0.1, -0.05) is 6.07 Å². The molecule has 0 saturated heterocycles. The zero-order valence-electron chi connectivity index (χ0n) is 14.9. The number of hydrogen-bond acceptors (Lipinski definition) is 4. The SMILES string of the molecule is CCn1ccc2cc(-c3coc4c(OC)c(OC)ccc4c3=O)ccc21. The van der Waals surface area contributed by atoms with E-state index in [-0.39, 0.29) is 5.43 Å². The Morgan fingerprint density at radius 3 is 2.65 bits per heavy atom. The van der Waals surface area contributed by atoms with E-state index in [2.05, 4.69) is 23.8 Å². The quantitative estimate of drug-likeness (QED) is 0.546. The minimum Gasteiger partial charge on any atom is -0.493 e. The van der Waals surface area contributed by atoms with Gasteiger partial charge in [0.15, 0.2) is 11.3 Å². The second-order valence-electron chi connectivity index (χ2n) is 6.03. The van der Waals surface area contributed by atoms with Crippen molar-refractivity contribution < 1.29 is 13.9 Å². The van der Waals surface area contributed by atoms with Crippen LogP contribution in [0.15, 0.2) is 58.1 Å². The van der Waals surface area contributed by atoms with Crippen molar-refractivity contribution in [1.82, 2.24) is 4.57 Å². The number of rotatable bonds is 4. The van der Waals surface area contributed by atoms with Crippen molar-refractivity contribution in [3.05, 3.63) is 59.1 Å². The minimum atomic E-state index is -0.0959. The monoisotopic (exact) mass is 349 g/mol. The lowest BCUT2D eigenvalue weighted by Gasteiger charge is -2.10. The molecule has 132 valence electrons. The van der Waals surface area contributed by atoms with Crippen LogP contribution >= 0.6 is 0 Å². The molecule has 4 aromatic rings. The lowest BCUT2D eigenvalue weighted by molar-refractivity contribution is 0.353. The molecule has 0 N–H and O–H groups in total. The van der Waals surface area contributed by atoms with Gasteiger partial charge >= 0.3 is 0 Å². The standard InChI is InChI=1S/C21H19NO4/c1-4-22-10-9-14-11-13(5-7-17(14)22)16-12-26-20-15(19(16)23)6-8-18(24-2)21(20)25-3/h5-12H,4H2,1-3H3. The first-order valence-electron chi connectivity index (χ1n) is 8.43. The van der Waals surface area contributed by atoms with Gasteiger partial charge in [-0.15, -0.1) is 0 Å². The summed E-state index contributed by atoms with van der Waals surface area (Å²) in [6.45, 7) is 3.01. The van der Waals surface area contributed by atoms with Gasteiger partial charge in [0.05, 0.1) is 25.2 Å². The predicted molar refractivity (Wildman–Crippen MR) is 102 cm³/mol. The third kappa shape index (κ3) is 2.36. The minimum absolute atomic E-state index is 0.0959. The van der Waals surface area contributed by atoms with E-state index in [1.54, 1.807) is 19.2 Å². The maximum absolute atomic E-state index is 13.0. The lowest BCUT2D eigenvalue weighted by Crippen LogP contribution is -2.06. The molecule has 0 aliphatic carbocycles. The number of aromatic nitrogens is 1. The van der Waals surface area contributed by atoms with E-state index in [1.165, 1.54) is 13.4 Å². The van der Waals surface area contributed by atoms with Gasteiger partial charge in [0.1, 0.15) is 6.26 Å². The Kier molecular flexibility index (Phi) is 3.92. The average molecular weight is 349 g/mol. The molecule has 4 rings (SSSR count). The molecule has 0 aliphatic heterocycles. The Hall–Kier alpha value is -3.21. The summed E-state index contributed by atoms with van der Waals surface area (Å²) in [5, 5.41) is 1.56. The van der Waals surface area contributed by atoms with Crippen LogP contribution in [0.5, 0.6) is 11.5 Å². The smallest absolute Gasteiger partial charge is 0.204 e. The Labute approximate surface area is 150 Å². The van der Waals surface area contributed by atoms with Gasteiger partial charge in [0.25, 0.3) is 0 Å². The summed E-state index contributed by atoms with van der Waals surface area (Å²) < 4.78 is 18.6. The van der Waals surface area contributed by atoms with Crippen LogP contribution in [0.2, 0.25) is 0 Å². The van der Waals surface area contributed by atoms with Gasteiger partial charge < -0.3 is 18.5 Å². The fourth-order valence-electron chi connectivity index (χ4n) is 3.35. The van der Waals surface area contributed by atoms with Crippen molar-refractivity contribution in [3.63, 3.8) is 0 Å². The molecule has 0 fully saturated rings. The molecule has 0 saturated carbocycles. The highest BCUT2D eigenvalue weighted by molar-refractivity contribution is 5.90. The van der Waals surface area contributed by atoms with Crippen molar-refractivity contribution in [2.45, 2.75) is 13.5 Å². The fraction of sp³-hybridized carbons (Fsp3) is 0.190. The summed E-state index contributed by atoms with van der Waals surface area (Å²) in [7, 11) is 3.07. The van der Waals surface area contributed by atoms with Crippen LogP contribution in [0.25, 0.3) is 33.0 Å². The molecule has 0 atom stereocenters. The summed E-state index contributed by atoms with van der Waals surface area (Å²) in [4.78, 5) is 13.0. The van der Waals surface area contributed by atoms with Gasteiger partial charge in [0, 0.05) is 23.6 Å². The van der Waals surface area contributed by atoms with Crippen LogP contribution in [-0.2, 0) is 6.54 Å². The Morgan fingerprint density at radius 1 is 1.08 bits per heavy atom. The highest BCUT2D eigenvalue weighted by atomic mass is 16.5. The molecule has 2 heterocycles. The van der Waals surface area contributed by atoms with Crippen LogP contribution in [0.4, 0.5) is 0 Å². The molecule has 26 heavy (non-hydrogen) atoms. The maximum Gasteiger partial charge on any atom is 0.204 e. The molecule has 5 heteroatoms. The van der Waals surface area contributed by atoms with Crippen molar-refractivity contribution in [2.75, 3.05) is 14.2 Å². The summed E-state index contributed by atoms with van der Waals surface area (Å²) in [5.41, 5.74) is 2.79. The number of ether oxygens (including phenoxy) is 2. The zero-order valence-corrected chi connectivity index (χ0v) is 14.9. The molecule has 0 amide bonds. The second kappa shape index (κ2) is 6.26. The van der Waals surface area contributed by atoms with Crippen molar-refractivity contribution >= 4 is 21.9 Å². The van der Waals surface area contributed by atoms with E-state index in [0.29, 0.717) is 28.0 Å². The summed E-state index contributed by atoms with van der Waals surface area (Å²) in [5.74, 6) is 0.947. The Bertz CT molecular complexity index is 1170. The molecule has 5 nitrogen and oxygen atoms in total. The summed E-state index contributed by atoms with van der Waals surface area (Å²) in [6, 6.07) is 11.5. The van der Waals surface area contributed by atoms with Crippen LogP contribution in [0, 0.1) is 0 Å². The lowest BCUT2D eigenvalue weighted by atomic mass is 10.0. The topological polar surface area (TPSA) is 53.6 Å².